The monoisotopic (exact) mass is 285 g/mol. The van der Waals surface area contributed by atoms with E-state index in [2.05, 4.69) is 4.98 Å². The van der Waals surface area contributed by atoms with E-state index in [1.807, 2.05) is 44.2 Å². The maximum atomic E-state index is 10.6. The molecule has 0 saturated heterocycles. The predicted molar refractivity (Wildman–Crippen MR) is 81.1 cm³/mol. The van der Waals surface area contributed by atoms with E-state index >= 15 is 0 Å². The molecule has 0 aliphatic rings. The number of ether oxygens (including phenoxy) is 1. The van der Waals surface area contributed by atoms with Crippen molar-refractivity contribution in [3.8, 4) is 11.3 Å². The summed E-state index contributed by atoms with van der Waals surface area (Å²) in [5, 5.41) is 8.74. The van der Waals surface area contributed by atoms with Crippen LogP contribution < -0.4 is 0 Å². The Morgan fingerprint density at radius 2 is 1.95 bits per heavy atom. The Labute approximate surface area is 124 Å². The van der Waals surface area contributed by atoms with Gasteiger partial charge in [-0.1, -0.05) is 30.3 Å². The fourth-order valence-corrected chi connectivity index (χ4v) is 2.15. The van der Waals surface area contributed by atoms with Gasteiger partial charge in [0, 0.05) is 18.4 Å². The maximum absolute atomic E-state index is 10.6. The molecule has 4 nitrogen and oxygen atoms in total. The lowest BCUT2D eigenvalue weighted by Gasteiger charge is -2.12. The zero-order valence-corrected chi connectivity index (χ0v) is 12.2. The van der Waals surface area contributed by atoms with Crippen LogP contribution in [0.1, 0.15) is 31.1 Å². The number of pyridine rings is 1. The Bertz CT molecular complexity index is 590. The first-order valence-corrected chi connectivity index (χ1v) is 6.98. The average Bonchev–Trinajstić information content (AvgIpc) is 2.48. The molecule has 21 heavy (non-hydrogen) atoms. The quantitative estimate of drug-likeness (QED) is 0.882. The molecule has 1 atom stereocenters. The minimum absolute atomic E-state index is 0.00190. The highest BCUT2D eigenvalue weighted by Crippen LogP contribution is 2.22. The molecule has 0 bridgehead atoms. The largest absolute Gasteiger partial charge is 0.481 e. The van der Waals surface area contributed by atoms with Gasteiger partial charge in [-0.3, -0.25) is 9.78 Å². The van der Waals surface area contributed by atoms with E-state index in [1.165, 1.54) is 0 Å². The number of hydrogen-bond donors (Lipinski definition) is 1. The van der Waals surface area contributed by atoms with Gasteiger partial charge in [0.25, 0.3) is 0 Å². The topological polar surface area (TPSA) is 59.4 Å². The normalized spacial score (nSPS) is 12.1. The summed E-state index contributed by atoms with van der Waals surface area (Å²) >= 11 is 0. The molecule has 1 N–H and O–H groups in total. The van der Waals surface area contributed by atoms with Gasteiger partial charge in [0.2, 0.25) is 0 Å². The third kappa shape index (κ3) is 4.13. The van der Waals surface area contributed by atoms with Crippen LogP contribution in [0.15, 0.2) is 42.6 Å². The molecule has 0 spiro atoms. The van der Waals surface area contributed by atoms with Crippen molar-refractivity contribution in [1.29, 1.82) is 0 Å². The van der Waals surface area contributed by atoms with E-state index in [-0.39, 0.29) is 12.5 Å². The fourth-order valence-electron chi connectivity index (χ4n) is 2.15. The molecular formula is C17H19NO3. The molecule has 1 aromatic carbocycles. The molecule has 0 radical (unpaired) electrons. The van der Waals surface area contributed by atoms with E-state index in [0.717, 1.165) is 16.8 Å². The average molecular weight is 285 g/mol. The number of aromatic nitrogens is 1. The predicted octanol–water partition coefficient (Wildman–Crippen LogP) is 3.47. The number of carbonyl (C=O) groups is 1. The van der Waals surface area contributed by atoms with Crippen LogP contribution in [0, 0.1) is 0 Å². The van der Waals surface area contributed by atoms with Gasteiger partial charge in [0.15, 0.2) is 0 Å². The Hall–Kier alpha value is -2.20. The Kier molecular flexibility index (Phi) is 5.06. The minimum atomic E-state index is -0.848. The summed E-state index contributed by atoms with van der Waals surface area (Å²) in [6.45, 7) is 4.69. The van der Waals surface area contributed by atoms with Crippen LogP contribution in [-0.4, -0.2) is 22.7 Å². The Morgan fingerprint density at radius 3 is 2.48 bits per heavy atom. The smallest absolute Gasteiger partial charge is 0.307 e. The van der Waals surface area contributed by atoms with Gasteiger partial charge >= 0.3 is 5.97 Å². The summed E-state index contributed by atoms with van der Waals surface area (Å²) in [6.07, 6.45) is 1.69. The lowest BCUT2D eigenvalue weighted by Crippen LogP contribution is -2.00. The molecule has 4 heteroatoms. The van der Waals surface area contributed by atoms with Crippen LogP contribution in [0.5, 0.6) is 0 Å². The zero-order valence-electron chi connectivity index (χ0n) is 12.2. The Balaban J connectivity index is 2.13. The molecule has 1 aromatic heterocycles. The van der Waals surface area contributed by atoms with Gasteiger partial charge in [-0.05, 0) is 31.0 Å². The van der Waals surface area contributed by atoms with Gasteiger partial charge in [-0.15, -0.1) is 0 Å². The van der Waals surface area contributed by atoms with Gasteiger partial charge < -0.3 is 9.84 Å². The molecule has 0 amide bonds. The summed E-state index contributed by atoms with van der Waals surface area (Å²) in [7, 11) is 0. The van der Waals surface area contributed by atoms with Crippen LogP contribution >= 0.6 is 0 Å². The highest BCUT2D eigenvalue weighted by atomic mass is 16.5. The van der Waals surface area contributed by atoms with Crippen molar-refractivity contribution in [2.45, 2.75) is 26.4 Å². The lowest BCUT2D eigenvalue weighted by molar-refractivity contribution is -0.136. The first kappa shape index (κ1) is 15.2. The second kappa shape index (κ2) is 6.99. The van der Waals surface area contributed by atoms with Crippen molar-refractivity contribution in [2.75, 3.05) is 6.61 Å². The van der Waals surface area contributed by atoms with E-state index in [1.54, 1.807) is 12.3 Å². The summed E-state index contributed by atoms with van der Waals surface area (Å²) in [6, 6.07) is 11.7. The van der Waals surface area contributed by atoms with Crippen molar-refractivity contribution in [1.82, 2.24) is 4.98 Å². The first-order chi connectivity index (χ1) is 10.1. The molecule has 1 heterocycles. The van der Waals surface area contributed by atoms with Crippen molar-refractivity contribution in [2.24, 2.45) is 0 Å². The van der Waals surface area contributed by atoms with Crippen LogP contribution in [-0.2, 0) is 16.0 Å². The molecule has 0 aliphatic carbocycles. The third-order valence-electron chi connectivity index (χ3n) is 3.27. The third-order valence-corrected chi connectivity index (χ3v) is 3.27. The van der Waals surface area contributed by atoms with Crippen LogP contribution in [0.25, 0.3) is 11.3 Å². The molecule has 2 rings (SSSR count). The summed E-state index contributed by atoms with van der Waals surface area (Å²) in [4.78, 5) is 15.0. The molecule has 1 unspecified atom stereocenters. The van der Waals surface area contributed by atoms with E-state index in [0.29, 0.717) is 12.2 Å². The summed E-state index contributed by atoms with van der Waals surface area (Å²) < 4.78 is 5.55. The summed E-state index contributed by atoms with van der Waals surface area (Å²) in [5.74, 6) is -0.848. The number of benzene rings is 1. The number of aliphatic carboxylic acids is 1. The van der Waals surface area contributed by atoms with Gasteiger partial charge in [0.05, 0.1) is 18.2 Å². The number of rotatable bonds is 6. The number of hydrogen-bond acceptors (Lipinski definition) is 3. The summed E-state index contributed by atoms with van der Waals surface area (Å²) in [5.41, 5.74) is 3.67. The molecule has 0 saturated carbocycles. The minimum Gasteiger partial charge on any atom is -0.481 e. The zero-order chi connectivity index (χ0) is 15.2. The SMILES string of the molecule is CCOC(C)c1ccc(-c2ccc(CC(=O)O)cn2)cc1. The molecule has 0 aliphatic heterocycles. The van der Waals surface area contributed by atoms with Gasteiger partial charge in [-0.25, -0.2) is 0 Å². The molecular weight excluding hydrogens is 266 g/mol. The van der Waals surface area contributed by atoms with E-state index in [4.69, 9.17) is 9.84 Å². The molecule has 110 valence electrons. The second-order valence-corrected chi connectivity index (χ2v) is 4.84. The van der Waals surface area contributed by atoms with Crippen molar-refractivity contribution in [3.05, 3.63) is 53.7 Å². The van der Waals surface area contributed by atoms with E-state index in [9.17, 15) is 4.79 Å². The lowest BCUT2D eigenvalue weighted by atomic mass is 10.0. The van der Waals surface area contributed by atoms with Crippen molar-refractivity contribution in [3.63, 3.8) is 0 Å². The highest BCUT2D eigenvalue weighted by molar-refractivity contribution is 5.70. The highest BCUT2D eigenvalue weighted by Gasteiger charge is 2.06. The Morgan fingerprint density at radius 1 is 1.24 bits per heavy atom. The maximum Gasteiger partial charge on any atom is 0.307 e. The van der Waals surface area contributed by atoms with Gasteiger partial charge in [-0.2, -0.15) is 0 Å². The number of carboxylic acids is 1. The first-order valence-electron chi connectivity index (χ1n) is 6.98. The second-order valence-electron chi connectivity index (χ2n) is 4.84. The fraction of sp³-hybridized carbons (Fsp3) is 0.294. The number of carboxylic acid groups (broad SMARTS) is 1. The van der Waals surface area contributed by atoms with E-state index < -0.39 is 5.97 Å². The van der Waals surface area contributed by atoms with Crippen molar-refractivity contribution >= 4 is 5.97 Å². The number of nitrogens with zero attached hydrogens (tertiary/aromatic N) is 1. The molecule has 0 fully saturated rings. The van der Waals surface area contributed by atoms with Crippen LogP contribution in [0.2, 0.25) is 0 Å². The van der Waals surface area contributed by atoms with Gasteiger partial charge in [0.1, 0.15) is 0 Å². The van der Waals surface area contributed by atoms with Crippen LogP contribution in [0.4, 0.5) is 0 Å². The van der Waals surface area contributed by atoms with Crippen molar-refractivity contribution < 1.29 is 14.6 Å². The van der Waals surface area contributed by atoms with Crippen LogP contribution in [0.3, 0.4) is 0 Å². The molecule has 2 aromatic rings. The standard InChI is InChI=1S/C17H19NO3/c1-3-21-12(2)14-5-7-15(8-6-14)16-9-4-13(11-18-16)10-17(19)20/h4-9,11-12H,3,10H2,1-2H3,(H,19,20).